The molecule has 0 spiro atoms. The predicted octanol–water partition coefficient (Wildman–Crippen LogP) is 1.28. The summed E-state index contributed by atoms with van der Waals surface area (Å²) in [5.41, 5.74) is 5.47. The van der Waals surface area contributed by atoms with Crippen molar-refractivity contribution >= 4 is 5.91 Å². The number of hydrogen-bond donors (Lipinski definition) is 2. The Labute approximate surface area is 86.4 Å². The van der Waals surface area contributed by atoms with Crippen LogP contribution in [0.25, 0.3) is 0 Å². The third-order valence-electron chi connectivity index (χ3n) is 3.24. The van der Waals surface area contributed by atoms with Gasteiger partial charge >= 0.3 is 0 Å². The number of rotatable bonds is 3. The summed E-state index contributed by atoms with van der Waals surface area (Å²) >= 11 is 0. The second-order valence-corrected chi connectivity index (χ2v) is 4.56. The fourth-order valence-corrected chi connectivity index (χ4v) is 2.09. The minimum atomic E-state index is -0.381. The largest absolute Gasteiger partial charge is 0.354 e. The van der Waals surface area contributed by atoms with Gasteiger partial charge in [-0.1, -0.05) is 26.2 Å². The van der Waals surface area contributed by atoms with Gasteiger partial charge in [-0.2, -0.15) is 0 Å². The average molecular weight is 198 g/mol. The lowest BCUT2D eigenvalue weighted by Crippen LogP contribution is -2.41. The summed E-state index contributed by atoms with van der Waals surface area (Å²) in [4.78, 5) is 11.3. The highest BCUT2D eigenvalue weighted by Gasteiger charge is 2.21. The molecule has 1 aliphatic carbocycles. The lowest BCUT2D eigenvalue weighted by atomic mass is 9.80. The third kappa shape index (κ3) is 3.29. The van der Waals surface area contributed by atoms with Gasteiger partial charge in [0.15, 0.2) is 0 Å². The number of nitrogens with two attached hydrogens (primary N) is 1. The maximum Gasteiger partial charge on any atom is 0.236 e. The molecule has 1 fully saturated rings. The van der Waals surface area contributed by atoms with Crippen LogP contribution in [-0.2, 0) is 4.79 Å². The minimum absolute atomic E-state index is 0.0252. The number of carbonyl (C=O) groups excluding carboxylic acids is 1. The number of amides is 1. The van der Waals surface area contributed by atoms with E-state index in [0.717, 1.165) is 12.5 Å². The summed E-state index contributed by atoms with van der Waals surface area (Å²) in [5.74, 6) is 1.38. The Kier molecular flexibility index (Phi) is 4.39. The topological polar surface area (TPSA) is 55.1 Å². The second-order valence-electron chi connectivity index (χ2n) is 4.56. The van der Waals surface area contributed by atoms with Crippen LogP contribution in [0.5, 0.6) is 0 Å². The predicted molar refractivity (Wildman–Crippen MR) is 57.8 cm³/mol. The Balaban J connectivity index is 2.26. The van der Waals surface area contributed by atoms with E-state index in [-0.39, 0.29) is 11.9 Å². The molecule has 1 saturated carbocycles. The van der Waals surface area contributed by atoms with Gasteiger partial charge in [0.05, 0.1) is 6.04 Å². The van der Waals surface area contributed by atoms with Crippen molar-refractivity contribution in [2.45, 2.75) is 45.6 Å². The van der Waals surface area contributed by atoms with Gasteiger partial charge in [-0.3, -0.25) is 4.79 Å². The van der Waals surface area contributed by atoms with Gasteiger partial charge in [0, 0.05) is 6.54 Å². The van der Waals surface area contributed by atoms with Crippen molar-refractivity contribution in [3.05, 3.63) is 0 Å². The molecular weight excluding hydrogens is 176 g/mol. The maximum atomic E-state index is 11.3. The number of hydrogen-bond acceptors (Lipinski definition) is 2. The summed E-state index contributed by atoms with van der Waals surface area (Å²) in [5, 5.41) is 2.92. The van der Waals surface area contributed by atoms with E-state index in [1.165, 1.54) is 25.7 Å². The van der Waals surface area contributed by atoms with E-state index >= 15 is 0 Å². The van der Waals surface area contributed by atoms with Crippen molar-refractivity contribution in [3.8, 4) is 0 Å². The SMILES string of the molecule is CC1CCCCC1CNC(=O)[C@@H](C)N. The molecule has 1 aliphatic rings. The van der Waals surface area contributed by atoms with Crippen LogP contribution >= 0.6 is 0 Å². The first kappa shape index (κ1) is 11.5. The Morgan fingerprint density at radius 3 is 2.71 bits per heavy atom. The molecule has 0 aromatic carbocycles. The van der Waals surface area contributed by atoms with Crippen LogP contribution in [0.2, 0.25) is 0 Å². The Hall–Kier alpha value is -0.570. The van der Waals surface area contributed by atoms with Gasteiger partial charge in [-0.05, 0) is 25.2 Å². The molecule has 3 atom stereocenters. The van der Waals surface area contributed by atoms with E-state index in [2.05, 4.69) is 12.2 Å². The van der Waals surface area contributed by atoms with Crippen molar-refractivity contribution < 1.29 is 4.79 Å². The molecule has 0 saturated heterocycles. The smallest absolute Gasteiger partial charge is 0.236 e. The van der Waals surface area contributed by atoms with Gasteiger partial charge in [-0.25, -0.2) is 0 Å². The van der Waals surface area contributed by atoms with Gasteiger partial charge in [0.25, 0.3) is 0 Å². The molecule has 2 unspecified atom stereocenters. The third-order valence-corrected chi connectivity index (χ3v) is 3.24. The van der Waals surface area contributed by atoms with Gasteiger partial charge in [0.1, 0.15) is 0 Å². The van der Waals surface area contributed by atoms with Crippen molar-refractivity contribution in [3.63, 3.8) is 0 Å². The standard InChI is InChI=1S/C11H22N2O/c1-8-5-3-4-6-10(8)7-13-11(14)9(2)12/h8-10H,3-7,12H2,1-2H3,(H,13,14)/t8?,9-,10?/m1/s1. The zero-order valence-electron chi connectivity index (χ0n) is 9.25. The van der Waals surface area contributed by atoms with E-state index in [9.17, 15) is 4.79 Å². The van der Waals surface area contributed by atoms with Crippen molar-refractivity contribution in [2.75, 3.05) is 6.54 Å². The van der Waals surface area contributed by atoms with Crippen molar-refractivity contribution in [1.82, 2.24) is 5.32 Å². The van der Waals surface area contributed by atoms with Crippen molar-refractivity contribution in [1.29, 1.82) is 0 Å². The Morgan fingerprint density at radius 1 is 1.50 bits per heavy atom. The molecule has 3 heteroatoms. The fraction of sp³-hybridized carbons (Fsp3) is 0.909. The Morgan fingerprint density at radius 2 is 2.14 bits per heavy atom. The average Bonchev–Trinajstić information content (AvgIpc) is 2.16. The van der Waals surface area contributed by atoms with E-state index in [0.29, 0.717) is 5.92 Å². The highest BCUT2D eigenvalue weighted by molar-refractivity contribution is 5.80. The lowest BCUT2D eigenvalue weighted by Gasteiger charge is -2.29. The monoisotopic (exact) mass is 198 g/mol. The highest BCUT2D eigenvalue weighted by atomic mass is 16.2. The Bertz CT molecular complexity index is 192. The first-order chi connectivity index (χ1) is 6.61. The number of carbonyl (C=O) groups is 1. The van der Waals surface area contributed by atoms with Crippen LogP contribution in [0.15, 0.2) is 0 Å². The van der Waals surface area contributed by atoms with Gasteiger partial charge in [-0.15, -0.1) is 0 Å². The van der Waals surface area contributed by atoms with E-state index in [1.54, 1.807) is 6.92 Å². The number of nitrogens with one attached hydrogen (secondary N) is 1. The summed E-state index contributed by atoms with van der Waals surface area (Å²) < 4.78 is 0. The summed E-state index contributed by atoms with van der Waals surface area (Å²) in [6.07, 6.45) is 5.21. The first-order valence-corrected chi connectivity index (χ1v) is 5.64. The second kappa shape index (κ2) is 5.35. The molecule has 1 amide bonds. The zero-order chi connectivity index (χ0) is 10.6. The summed E-state index contributed by atoms with van der Waals surface area (Å²) in [7, 11) is 0. The molecule has 0 aliphatic heterocycles. The quantitative estimate of drug-likeness (QED) is 0.717. The van der Waals surface area contributed by atoms with Crippen LogP contribution in [0.4, 0.5) is 0 Å². The van der Waals surface area contributed by atoms with Crippen LogP contribution in [0.1, 0.15) is 39.5 Å². The molecular formula is C11H22N2O. The minimum Gasteiger partial charge on any atom is -0.354 e. The summed E-state index contributed by atoms with van der Waals surface area (Å²) in [6, 6.07) is -0.381. The van der Waals surface area contributed by atoms with Gasteiger partial charge in [0.2, 0.25) is 5.91 Å². The van der Waals surface area contributed by atoms with Gasteiger partial charge < -0.3 is 11.1 Å². The van der Waals surface area contributed by atoms with Crippen molar-refractivity contribution in [2.24, 2.45) is 17.6 Å². The molecule has 0 radical (unpaired) electrons. The van der Waals surface area contributed by atoms with Crippen LogP contribution < -0.4 is 11.1 Å². The molecule has 0 aromatic heterocycles. The van der Waals surface area contributed by atoms with E-state index in [4.69, 9.17) is 5.73 Å². The molecule has 82 valence electrons. The maximum absolute atomic E-state index is 11.3. The molecule has 0 heterocycles. The van der Waals surface area contributed by atoms with Crippen LogP contribution in [-0.4, -0.2) is 18.5 Å². The van der Waals surface area contributed by atoms with Crippen LogP contribution in [0.3, 0.4) is 0 Å². The first-order valence-electron chi connectivity index (χ1n) is 5.64. The van der Waals surface area contributed by atoms with E-state index in [1.807, 2.05) is 0 Å². The normalized spacial score (nSPS) is 29.6. The van der Waals surface area contributed by atoms with E-state index < -0.39 is 0 Å². The fourth-order valence-electron chi connectivity index (χ4n) is 2.09. The molecule has 0 bridgehead atoms. The lowest BCUT2D eigenvalue weighted by molar-refractivity contribution is -0.122. The molecule has 0 aromatic rings. The molecule has 3 nitrogen and oxygen atoms in total. The molecule has 14 heavy (non-hydrogen) atoms. The molecule has 1 rings (SSSR count). The zero-order valence-corrected chi connectivity index (χ0v) is 9.25. The molecule has 3 N–H and O–H groups in total. The van der Waals surface area contributed by atoms with Crippen LogP contribution in [0, 0.1) is 11.8 Å². The summed E-state index contributed by atoms with van der Waals surface area (Å²) in [6.45, 7) is 4.81. The highest BCUT2D eigenvalue weighted by Crippen LogP contribution is 2.28.